The number of H-pyrrole nitrogens is 1. The van der Waals surface area contributed by atoms with Gasteiger partial charge in [0.25, 0.3) is 0 Å². The molecule has 2 saturated heterocycles. The van der Waals surface area contributed by atoms with Crippen molar-refractivity contribution in [3.8, 4) is 16.9 Å². The molecule has 8 heteroatoms. The van der Waals surface area contributed by atoms with Crippen molar-refractivity contribution in [2.24, 2.45) is 5.92 Å². The van der Waals surface area contributed by atoms with Crippen LogP contribution in [0.1, 0.15) is 37.8 Å². The zero-order valence-electron chi connectivity index (χ0n) is 24.6. The largest absolute Gasteiger partial charge is 0.497 e. The second-order valence-corrected chi connectivity index (χ2v) is 11.7. The van der Waals surface area contributed by atoms with E-state index in [0.717, 1.165) is 65.1 Å². The molecule has 2 fully saturated rings. The highest BCUT2D eigenvalue weighted by molar-refractivity contribution is 5.90. The number of aromatic nitrogens is 1. The third-order valence-electron chi connectivity index (χ3n) is 8.98. The van der Waals surface area contributed by atoms with Crippen molar-refractivity contribution in [1.29, 1.82) is 0 Å². The number of benzene rings is 3. The number of likely N-dealkylation sites (tertiary alicyclic amines) is 1. The van der Waals surface area contributed by atoms with Gasteiger partial charge in [0.1, 0.15) is 11.3 Å². The van der Waals surface area contributed by atoms with Crippen molar-refractivity contribution in [3.05, 3.63) is 84.1 Å². The Morgan fingerprint density at radius 1 is 1.07 bits per heavy atom. The fourth-order valence-corrected chi connectivity index (χ4v) is 6.30. The SMILES string of the molecule is COc1ccc(CNc2ccc3[nH]ccc3c2)c(-c2cccc(C3(C)NCN(CC4CCN(C(C)=O)CC4)C3=O)c2)c1. The summed E-state index contributed by atoms with van der Waals surface area (Å²) >= 11 is 0. The summed E-state index contributed by atoms with van der Waals surface area (Å²) < 4.78 is 5.59. The number of ether oxygens (including phenoxy) is 1. The molecule has 0 aliphatic carbocycles. The standard InChI is InChI=1S/C34H39N5O3/c1-23(40)38-15-12-24(13-16-38)21-39-22-37-34(2,33(39)41)28-6-4-5-25(17-28)31-19-30(42-3)9-7-27(31)20-36-29-8-10-32-26(18-29)11-14-35-32/h4-11,14,17-19,24,35-37H,12-13,15-16,20-22H2,1-3H3. The minimum Gasteiger partial charge on any atom is -0.497 e. The number of fused-ring (bicyclic) bond motifs is 1. The van der Waals surface area contributed by atoms with Crippen LogP contribution in [-0.4, -0.2) is 60.0 Å². The molecule has 0 saturated carbocycles. The van der Waals surface area contributed by atoms with Gasteiger partial charge >= 0.3 is 0 Å². The molecule has 1 aromatic heterocycles. The van der Waals surface area contributed by atoms with Crippen LogP contribution < -0.4 is 15.4 Å². The molecule has 0 radical (unpaired) electrons. The molecule has 1 atom stereocenters. The molecule has 2 aliphatic rings. The van der Waals surface area contributed by atoms with Gasteiger partial charge in [-0.3, -0.25) is 14.9 Å². The van der Waals surface area contributed by atoms with Crippen molar-refractivity contribution in [2.75, 3.05) is 38.7 Å². The number of rotatable bonds is 8. The molecule has 218 valence electrons. The maximum Gasteiger partial charge on any atom is 0.248 e. The average Bonchev–Trinajstić information content (AvgIpc) is 3.60. The average molecular weight is 566 g/mol. The number of piperidine rings is 1. The van der Waals surface area contributed by atoms with E-state index in [1.54, 1.807) is 14.0 Å². The summed E-state index contributed by atoms with van der Waals surface area (Å²) in [7, 11) is 1.68. The molecule has 1 unspecified atom stereocenters. The van der Waals surface area contributed by atoms with Gasteiger partial charge in [-0.2, -0.15) is 0 Å². The van der Waals surface area contributed by atoms with Crippen LogP contribution >= 0.6 is 0 Å². The Labute approximate surface area is 247 Å². The number of hydrogen-bond donors (Lipinski definition) is 3. The molecule has 2 aliphatic heterocycles. The summed E-state index contributed by atoms with van der Waals surface area (Å²) in [5.74, 6) is 1.43. The number of aromatic amines is 1. The first-order valence-electron chi connectivity index (χ1n) is 14.7. The van der Waals surface area contributed by atoms with E-state index >= 15 is 0 Å². The summed E-state index contributed by atoms with van der Waals surface area (Å²) in [5, 5.41) is 8.26. The van der Waals surface area contributed by atoms with E-state index in [2.05, 4.69) is 64.1 Å². The molecule has 0 spiro atoms. The molecule has 3 heterocycles. The summed E-state index contributed by atoms with van der Waals surface area (Å²) in [6, 6.07) is 22.8. The smallest absolute Gasteiger partial charge is 0.248 e. The highest BCUT2D eigenvalue weighted by atomic mass is 16.5. The van der Waals surface area contributed by atoms with Gasteiger partial charge in [-0.15, -0.1) is 0 Å². The number of carbonyl (C=O) groups excluding carboxylic acids is 2. The van der Waals surface area contributed by atoms with Gasteiger partial charge in [0.05, 0.1) is 13.8 Å². The van der Waals surface area contributed by atoms with Crippen molar-refractivity contribution in [2.45, 2.75) is 38.8 Å². The van der Waals surface area contributed by atoms with E-state index in [1.807, 2.05) is 41.1 Å². The molecule has 6 rings (SSSR count). The molecular formula is C34H39N5O3. The second kappa shape index (κ2) is 11.5. The fraction of sp³-hybridized carbons (Fsp3) is 0.353. The molecule has 3 aromatic carbocycles. The molecular weight excluding hydrogens is 526 g/mol. The molecule has 42 heavy (non-hydrogen) atoms. The summed E-state index contributed by atoms with van der Waals surface area (Å²) in [5.41, 5.74) is 5.54. The number of anilines is 1. The van der Waals surface area contributed by atoms with Gasteiger partial charge in [0.15, 0.2) is 0 Å². The van der Waals surface area contributed by atoms with E-state index in [4.69, 9.17) is 4.74 Å². The van der Waals surface area contributed by atoms with Gasteiger partial charge in [0.2, 0.25) is 11.8 Å². The zero-order valence-corrected chi connectivity index (χ0v) is 24.6. The Bertz CT molecular complexity index is 1610. The molecule has 4 aromatic rings. The van der Waals surface area contributed by atoms with Gasteiger partial charge in [-0.25, -0.2) is 0 Å². The van der Waals surface area contributed by atoms with Crippen LogP contribution in [0, 0.1) is 5.92 Å². The lowest BCUT2D eigenvalue weighted by molar-refractivity contribution is -0.134. The van der Waals surface area contributed by atoms with Crippen LogP contribution in [0.25, 0.3) is 22.0 Å². The Morgan fingerprint density at radius 2 is 1.90 bits per heavy atom. The summed E-state index contributed by atoms with van der Waals surface area (Å²) in [6.07, 6.45) is 3.81. The van der Waals surface area contributed by atoms with E-state index in [0.29, 0.717) is 25.7 Å². The Balaban J connectivity index is 1.20. The van der Waals surface area contributed by atoms with Gasteiger partial charge in [-0.1, -0.05) is 24.3 Å². The lowest BCUT2D eigenvalue weighted by Crippen LogP contribution is -2.43. The number of carbonyl (C=O) groups is 2. The zero-order chi connectivity index (χ0) is 29.3. The number of methoxy groups -OCH3 is 1. The predicted octanol–water partition coefficient (Wildman–Crippen LogP) is 5.32. The minimum atomic E-state index is -0.806. The van der Waals surface area contributed by atoms with Crippen molar-refractivity contribution in [3.63, 3.8) is 0 Å². The molecule has 0 bridgehead atoms. The third kappa shape index (κ3) is 5.46. The van der Waals surface area contributed by atoms with E-state index in [1.165, 1.54) is 5.39 Å². The Kier molecular flexibility index (Phi) is 7.64. The van der Waals surface area contributed by atoms with E-state index < -0.39 is 5.54 Å². The lowest BCUT2D eigenvalue weighted by atomic mass is 9.88. The maximum atomic E-state index is 13.8. The predicted molar refractivity (Wildman–Crippen MR) is 166 cm³/mol. The van der Waals surface area contributed by atoms with E-state index in [9.17, 15) is 9.59 Å². The van der Waals surface area contributed by atoms with Crippen molar-refractivity contribution in [1.82, 2.24) is 20.1 Å². The Hall–Kier alpha value is -4.30. The first kappa shape index (κ1) is 27.8. The number of amides is 2. The van der Waals surface area contributed by atoms with Crippen LogP contribution in [0.2, 0.25) is 0 Å². The van der Waals surface area contributed by atoms with Gasteiger partial charge in [-0.05, 0) is 90.4 Å². The Morgan fingerprint density at radius 3 is 2.69 bits per heavy atom. The van der Waals surface area contributed by atoms with Crippen LogP contribution in [0.3, 0.4) is 0 Å². The van der Waals surface area contributed by atoms with Gasteiger partial charge < -0.3 is 24.8 Å². The number of nitrogens with zero attached hydrogens (tertiary/aromatic N) is 2. The van der Waals surface area contributed by atoms with Crippen LogP contribution in [0.15, 0.2) is 72.9 Å². The van der Waals surface area contributed by atoms with Crippen LogP contribution in [0.4, 0.5) is 5.69 Å². The molecule has 3 N–H and O–H groups in total. The monoisotopic (exact) mass is 565 g/mol. The maximum absolute atomic E-state index is 13.8. The number of nitrogens with one attached hydrogen (secondary N) is 3. The number of hydrogen-bond acceptors (Lipinski definition) is 5. The fourth-order valence-electron chi connectivity index (χ4n) is 6.30. The first-order valence-corrected chi connectivity index (χ1v) is 14.7. The van der Waals surface area contributed by atoms with Gasteiger partial charge in [0, 0.05) is 55.9 Å². The minimum absolute atomic E-state index is 0.0985. The van der Waals surface area contributed by atoms with Crippen molar-refractivity contribution < 1.29 is 14.3 Å². The van der Waals surface area contributed by atoms with Crippen LogP contribution in [-0.2, 0) is 21.7 Å². The highest BCUT2D eigenvalue weighted by Gasteiger charge is 2.44. The third-order valence-corrected chi connectivity index (χ3v) is 8.98. The summed E-state index contributed by atoms with van der Waals surface area (Å²) in [4.78, 5) is 32.6. The summed E-state index contributed by atoms with van der Waals surface area (Å²) in [6.45, 7) is 7.03. The van der Waals surface area contributed by atoms with Crippen molar-refractivity contribution >= 4 is 28.4 Å². The topological polar surface area (TPSA) is 89.7 Å². The second-order valence-electron chi connectivity index (χ2n) is 11.7. The highest BCUT2D eigenvalue weighted by Crippen LogP contribution is 2.35. The first-order chi connectivity index (χ1) is 20.3. The van der Waals surface area contributed by atoms with E-state index in [-0.39, 0.29) is 11.8 Å². The molecule has 8 nitrogen and oxygen atoms in total. The molecule has 2 amide bonds. The van der Waals surface area contributed by atoms with Crippen LogP contribution in [0.5, 0.6) is 5.75 Å². The quantitative estimate of drug-likeness (QED) is 0.269. The lowest BCUT2D eigenvalue weighted by Gasteiger charge is -2.33. The normalized spacial score (nSPS) is 19.5.